The number of benzene rings is 3. The van der Waals surface area contributed by atoms with Crippen molar-refractivity contribution in [2.75, 3.05) is 7.11 Å². The Labute approximate surface area is 167 Å². The highest BCUT2D eigenvalue weighted by molar-refractivity contribution is 6.08. The fourth-order valence-corrected chi connectivity index (χ4v) is 3.59. The van der Waals surface area contributed by atoms with Crippen LogP contribution in [0.25, 0.3) is 38.8 Å². The molecule has 0 unspecified atom stereocenters. The van der Waals surface area contributed by atoms with E-state index in [-0.39, 0.29) is 5.82 Å². The number of methoxy groups -OCH3 is 1. The SMILES string of the molecule is COc1ccc(-n2nc(-c3ccc(C)cc3)c3cnc4ccc(F)cc4c32)cc1. The second kappa shape index (κ2) is 6.71. The fourth-order valence-electron chi connectivity index (χ4n) is 3.59. The predicted molar refractivity (Wildman–Crippen MR) is 113 cm³/mol. The number of aryl methyl sites for hydroxylation is 1. The number of hydrogen-bond acceptors (Lipinski definition) is 3. The molecule has 0 aliphatic heterocycles. The number of halogens is 1. The summed E-state index contributed by atoms with van der Waals surface area (Å²) in [6, 6.07) is 20.5. The molecule has 29 heavy (non-hydrogen) atoms. The number of aromatic nitrogens is 3. The van der Waals surface area contributed by atoms with Crippen LogP contribution in [0.2, 0.25) is 0 Å². The molecule has 4 nitrogen and oxygen atoms in total. The quantitative estimate of drug-likeness (QED) is 0.401. The van der Waals surface area contributed by atoms with Crippen LogP contribution in [-0.2, 0) is 0 Å². The molecule has 0 saturated heterocycles. The van der Waals surface area contributed by atoms with Gasteiger partial charge >= 0.3 is 0 Å². The minimum Gasteiger partial charge on any atom is -0.497 e. The molecule has 5 heteroatoms. The average Bonchev–Trinajstić information content (AvgIpc) is 3.14. The molecule has 142 valence electrons. The van der Waals surface area contributed by atoms with Crippen LogP contribution < -0.4 is 4.74 Å². The third kappa shape index (κ3) is 2.91. The molecule has 5 rings (SSSR count). The van der Waals surface area contributed by atoms with Crippen molar-refractivity contribution in [2.24, 2.45) is 0 Å². The molecule has 0 aliphatic rings. The topological polar surface area (TPSA) is 39.9 Å². The van der Waals surface area contributed by atoms with Crippen molar-refractivity contribution in [1.29, 1.82) is 0 Å². The van der Waals surface area contributed by atoms with Gasteiger partial charge in [0.05, 0.1) is 23.8 Å². The van der Waals surface area contributed by atoms with Crippen LogP contribution in [0.5, 0.6) is 5.75 Å². The summed E-state index contributed by atoms with van der Waals surface area (Å²) < 4.78 is 21.2. The van der Waals surface area contributed by atoms with Crippen molar-refractivity contribution in [2.45, 2.75) is 6.92 Å². The van der Waals surface area contributed by atoms with E-state index in [2.05, 4.69) is 24.0 Å². The van der Waals surface area contributed by atoms with Gasteiger partial charge in [0, 0.05) is 22.5 Å². The molecular formula is C24H18FN3O. The molecule has 2 heterocycles. The summed E-state index contributed by atoms with van der Waals surface area (Å²) in [5.74, 6) is 0.465. The summed E-state index contributed by atoms with van der Waals surface area (Å²) >= 11 is 0. The van der Waals surface area contributed by atoms with Crippen LogP contribution in [0.4, 0.5) is 4.39 Å². The van der Waals surface area contributed by atoms with Gasteiger partial charge in [0.15, 0.2) is 0 Å². The first-order chi connectivity index (χ1) is 14.1. The van der Waals surface area contributed by atoms with Gasteiger partial charge in [0.1, 0.15) is 17.3 Å². The molecule has 0 radical (unpaired) electrons. The van der Waals surface area contributed by atoms with Crippen LogP contribution in [0.1, 0.15) is 5.56 Å². The third-order valence-electron chi connectivity index (χ3n) is 5.11. The van der Waals surface area contributed by atoms with Crippen molar-refractivity contribution in [1.82, 2.24) is 14.8 Å². The molecule has 0 amide bonds. The van der Waals surface area contributed by atoms with Gasteiger partial charge in [-0.1, -0.05) is 29.8 Å². The molecule has 0 spiro atoms. The van der Waals surface area contributed by atoms with E-state index in [9.17, 15) is 4.39 Å². The van der Waals surface area contributed by atoms with E-state index in [0.29, 0.717) is 0 Å². The first-order valence-corrected chi connectivity index (χ1v) is 9.32. The first kappa shape index (κ1) is 17.4. The smallest absolute Gasteiger partial charge is 0.124 e. The molecule has 0 saturated carbocycles. The maximum Gasteiger partial charge on any atom is 0.124 e. The zero-order valence-corrected chi connectivity index (χ0v) is 16.1. The second-order valence-electron chi connectivity index (χ2n) is 7.01. The third-order valence-corrected chi connectivity index (χ3v) is 5.11. The number of pyridine rings is 1. The number of hydrogen-bond donors (Lipinski definition) is 0. The summed E-state index contributed by atoms with van der Waals surface area (Å²) in [4.78, 5) is 4.55. The molecule has 3 aromatic carbocycles. The van der Waals surface area contributed by atoms with Gasteiger partial charge in [-0.05, 0) is 49.4 Å². The maximum atomic E-state index is 14.1. The lowest BCUT2D eigenvalue weighted by Gasteiger charge is -2.07. The Kier molecular flexibility index (Phi) is 4.02. The summed E-state index contributed by atoms with van der Waals surface area (Å²) in [7, 11) is 1.63. The van der Waals surface area contributed by atoms with Gasteiger partial charge in [-0.3, -0.25) is 4.98 Å². The minimum atomic E-state index is -0.300. The van der Waals surface area contributed by atoms with E-state index in [0.717, 1.165) is 44.5 Å². The van der Waals surface area contributed by atoms with Gasteiger partial charge in [0.2, 0.25) is 0 Å². The predicted octanol–water partition coefficient (Wildman–Crippen LogP) is 5.70. The Morgan fingerprint density at radius 3 is 2.38 bits per heavy atom. The summed E-state index contributed by atoms with van der Waals surface area (Å²) in [5.41, 5.74) is 5.41. The number of fused-ring (bicyclic) bond motifs is 3. The van der Waals surface area contributed by atoms with E-state index >= 15 is 0 Å². The standard InChI is InChI=1S/C24H18FN3O/c1-15-3-5-16(6-4-15)23-21-14-26-22-12-7-17(25)13-20(22)24(21)28(27-23)18-8-10-19(29-2)11-9-18/h3-14H,1-2H3. The van der Waals surface area contributed by atoms with Crippen molar-refractivity contribution in [3.8, 4) is 22.7 Å². The van der Waals surface area contributed by atoms with Crippen molar-refractivity contribution in [3.05, 3.63) is 84.3 Å². The highest BCUT2D eigenvalue weighted by Gasteiger charge is 2.17. The molecule has 0 bridgehead atoms. The molecule has 0 atom stereocenters. The number of rotatable bonds is 3. The Bertz CT molecular complexity index is 1340. The van der Waals surface area contributed by atoms with Crippen LogP contribution in [0.15, 0.2) is 72.9 Å². The summed E-state index contributed by atoms with van der Waals surface area (Å²) in [6.45, 7) is 2.05. The van der Waals surface area contributed by atoms with Crippen molar-refractivity contribution < 1.29 is 9.13 Å². The highest BCUT2D eigenvalue weighted by atomic mass is 19.1. The summed E-state index contributed by atoms with van der Waals surface area (Å²) in [6.07, 6.45) is 1.82. The Balaban J connectivity index is 1.86. The van der Waals surface area contributed by atoms with Crippen LogP contribution >= 0.6 is 0 Å². The average molecular weight is 383 g/mol. The monoisotopic (exact) mass is 383 g/mol. The molecule has 0 aliphatic carbocycles. The number of nitrogens with zero attached hydrogens (tertiary/aromatic N) is 3. The van der Waals surface area contributed by atoms with Gasteiger partial charge in [-0.2, -0.15) is 5.10 Å². The normalized spacial score (nSPS) is 11.3. The van der Waals surface area contributed by atoms with E-state index in [1.165, 1.54) is 17.7 Å². The largest absolute Gasteiger partial charge is 0.497 e. The Morgan fingerprint density at radius 1 is 0.897 bits per heavy atom. The lowest BCUT2D eigenvalue weighted by Crippen LogP contribution is -1.97. The zero-order valence-electron chi connectivity index (χ0n) is 16.1. The molecular weight excluding hydrogens is 365 g/mol. The van der Waals surface area contributed by atoms with Gasteiger partial charge in [-0.25, -0.2) is 9.07 Å². The van der Waals surface area contributed by atoms with Crippen LogP contribution in [0, 0.1) is 12.7 Å². The Hall–Kier alpha value is -3.73. The fraction of sp³-hybridized carbons (Fsp3) is 0.0833. The lowest BCUT2D eigenvalue weighted by molar-refractivity contribution is 0.414. The van der Waals surface area contributed by atoms with Crippen molar-refractivity contribution in [3.63, 3.8) is 0 Å². The van der Waals surface area contributed by atoms with Gasteiger partial charge < -0.3 is 4.74 Å². The minimum absolute atomic E-state index is 0.300. The first-order valence-electron chi connectivity index (χ1n) is 9.32. The molecule has 5 aromatic rings. The molecule has 0 fully saturated rings. The Morgan fingerprint density at radius 2 is 1.66 bits per heavy atom. The number of ether oxygens (including phenoxy) is 1. The highest BCUT2D eigenvalue weighted by Crippen LogP contribution is 2.34. The maximum absolute atomic E-state index is 14.1. The molecule has 0 N–H and O–H groups in total. The summed E-state index contributed by atoms with van der Waals surface area (Å²) in [5, 5.41) is 6.51. The van der Waals surface area contributed by atoms with Crippen LogP contribution in [0.3, 0.4) is 0 Å². The molecule has 2 aromatic heterocycles. The van der Waals surface area contributed by atoms with E-state index in [1.807, 2.05) is 47.3 Å². The van der Waals surface area contributed by atoms with Gasteiger partial charge in [0.25, 0.3) is 0 Å². The second-order valence-corrected chi connectivity index (χ2v) is 7.01. The van der Waals surface area contributed by atoms with E-state index in [4.69, 9.17) is 9.84 Å². The van der Waals surface area contributed by atoms with E-state index in [1.54, 1.807) is 13.2 Å². The zero-order chi connectivity index (χ0) is 20.0. The van der Waals surface area contributed by atoms with Gasteiger partial charge in [-0.15, -0.1) is 0 Å². The van der Waals surface area contributed by atoms with Crippen LogP contribution in [-0.4, -0.2) is 21.9 Å². The van der Waals surface area contributed by atoms with E-state index < -0.39 is 0 Å². The lowest BCUT2D eigenvalue weighted by atomic mass is 10.1. The van der Waals surface area contributed by atoms with Crippen molar-refractivity contribution >= 4 is 21.8 Å².